The molecule has 2 aromatic rings. The fourth-order valence-electron chi connectivity index (χ4n) is 3.78. The van der Waals surface area contributed by atoms with Gasteiger partial charge in [0.2, 0.25) is 17.8 Å². The van der Waals surface area contributed by atoms with Crippen LogP contribution in [0.15, 0.2) is 31.3 Å². The number of fused-ring (bicyclic) bond motifs is 1. The molecule has 44 heavy (non-hydrogen) atoms. The Bertz CT molecular complexity index is 1620. The van der Waals surface area contributed by atoms with E-state index < -0.39 is 64.6 Å². The first-order valence-electron chi connectivity index (χ1n) is 12.4. The molecule has 0 spiro atoms. The van der Waals surface area contributed by atoms with Crippen LogP contribution in [0.1, 0.15) is 26.5 Å². The van der Waals surface area contributed by atoms with Crippen LogP contribution in [-0.4, -0.2) is 95.0 Å². The molecule has 1 amide bonds. The van der Waals surface area contributed by atoms with Gasteiger partial charge in [-0.2, -0.15) is 4.98 Å². The van der Waals surface area contributed by atoms with Crippen molar-refractivity contribution in [3.8, 4) is 5.88 Å². The van der Waals surface area contributed by atoms with Gasteiger partial charge in [-0.05, 0) is 32.5 Å². The number of ether oxygens (including phenoxy) is 3. The van der Waals surface area contributed by atoms with Crippen molar-refractivity contribution < 1.29 is 43.7 Å². The summed E-state index contributed by atoms with van der Waals surface area (Å²) in [6.45, 7) is 4.43. The number of aromatic nitrogens is 4. The molecule has 2 aliphatic rings. The molecular formula is C23H26N8O10S3. The van der Waals surface area contributed by atoms with Gasteiger partial charge in [-0.3, -0.25) is 19.2 Å². The van der Waals surface area contributed by atoms with Gasteiger partial charge in [-0.15, -0.1) is 16.4 Å². The number of carbonyl (C=O) groups excluding carboxylic acids is 3. The Labute approximate surface area is 260 Å². The van der Waals surface area contributed by atoms with Gasteiger partial charge in [-0.1, -0.05) is 16.9 Å². The van der Waals surface area contributed by atoms with Crippen molar-refractivity contribution in [2.45, 2.75) is 38.0 Å². The second kappa shape index (κ2) is 13.1. The Kier molecular flexibility index (Phi) is 9.69. The van der Waals surface area contributed by atoms with Gasteiger partial charge >= 0.3 is 23.6 Å². The van der Waals surface area contributed by atoms with Crippen LogP contribution in [0, 0.1) is 5.41 Å². The summed E-state index contributed by atoms with van der Waals surface area (Å²) in [4.78, 5) is 71.0. The van der Waals surface area contributed by atoms with E-state index >= 15 is 0 Å². The molecule has 2 aliphatic heterocycles. The highest BCUT2D eigenvalue weighted by atomic mass is 32.2. The van der Waals surface area contributed by atoms with E-state index in [1.165, 1.54) is 22.0 Å². The molecule has 1 saturated heterocycles. The number of hydrogen-bond donors (Lipinski definition) is 4. The third kappa shape index (κ3) is 7.22. The third-order valence-electron chi connectivity index (χ3n) is 5.88. The first-order chi connectivity index (χ1) is 20.7. The smallest absolute Gasteiger partial charge is 0.449 e. The van der Waals surface area contributed by atoms with E-state index in [2.05, 4.69) is 25.5 Å². The number of nitrogens with zero attached hydrogens (tertiary/aromatic N) is 6. The van der Waals surface area contributed by atoms with Gasteiger partial charge in [0, 0.05) is 24.7 Å². The monoisotopic (exact) mass is 670 g/mol. The molecule has 2 atom stereocenters. The molecule has 0 radical (unpaired) electrons. The lowest BCUT2D eigenvalue weighted by molar-refractivity contribution is -0.159. The van der Waals surface area contributed by atoms with E-state index in [1.807, 2.05) is 0 Å². The van der Waals surface area contributed by atoms with E-state index in [1.54, 1.807) is 20.8 Å². The van der Waals surface area contributed by atoms with E-state index in [-0.39, 0.29) is 39.1 Å². The van der Waals surface area contributed by atoms with Crippen LogP contribution < -0.4 is 21.3 Å². The number of esters is 1. The number of carbonyl (C=O) groups is 4. The number of hydrogen-bond acceptors (Lipinski definition) is 18. The molecule has 4 heterocycles. The van der Waals surface area contributed by atoms with Gasteiger partial charge in [0.1, 0.15) is 11.7 Å². The Morgan fingerprint density at radius 2 is 2.00 bits per heavy atom. The van der Waals surface area contributed by atoms with Gasteiger partial charge in [0.05, 0.1) is 16.4 Å². The van der Waals surface area contributed by atoms with Crippen molar-refractivity contribution >= 4 is 68.9 Å². The van der Waals surface area contributed by atoms with Crippen LogP contribution >= 0.6 is 34.9 Å². The van der Waals surface area contributed by atoms with Crippen LogP contribution in [-0.2, 0) is 30.9 Å². The normalized spacial score (nSPS) is 18.3. The van der Waals surface area contributed by atoms with Crippen LogP contribution in [0.2, 0.25) is 0 Å². The molecule has 236 valence electrons. The van der Waals surface area contributed by atoms with Crippen molar-refractivity contribution in [3.63, 3.8) is 0 Å². The second-order valence-corrected chi connectivity index (χ2v) is 13.0. The summed E-state index contributed by atoms with van der Waals surface area (Å²) in [7, 11) is 1.48. The van der Waals surface area contributed by atoms with Crippen LogP contribution in [0.3, 0.4) is 0 Å². The third-order valence-corrected chi connectivity index (χ3v) is 8.79. The summed E-state index contributed by atoms with van der Waals surface area (Å²) in [5, 5.41) is 29.5. The maximum absolute atomic E-state index is 13.1. The molecule has 0 bridgehead atoms. The SMILES string of the molecule is Cn1nc(OCOC(=O)C(C)(C)C)c(=O)nc1SCC1=C(OC(=O)O)N2C[C@@H](NC(=O)/C(=N\O)c3csc(N)n3)[C@@H]2C(=O)S1. The average molecular weight is 671 g/mol. The molecule has 2 aromatic heterocycles. The number of aryl methyl sites for hydroxylation is 1. The summed E-state index contributed by atoms with van der Waals surface area (Å²) < 4.78 is 16.4. The van der Waals surface area contributed by atoms with Gasteiger partial charge in [0.25, 0.3) is 5.91 Å². The summed E-state index contributed by atoms with van der Waals surface area (Å²) >= 11 is 2.73. The summed E-state index contributed by atoms with van der Waals surface area (Å²) in [6.07, 6.45) is -1.62. The van der Waals surface area contributed by atoms with E-state index in [9.17, 15) is 34.3 Å². The maximum atomic E-state index is 13.1. The molecule has 0 aliphatic carbocycles. The first kappa shape index (κ1) is 32.5. The summed E-state index contributed by atoms with van der Waals surface area (Å²) in [6, 6.07) is -1.74. The minimum absolute atomic E-state index is 0.00150. The molecule has 0 aromatic carbocycles. The van der Waals surface area contributed by atoms with Gasteiger partial charge < -0.3 is 40.5 Å². The van der Waals surface area contributed by atoms with Crippen molar-refractivity contribution in [1.29, 1.82) is 0 Å². The zero-order valence-electron chi connectivity index (χ0n) is 23.5. The Balaban J connectivity index is 1.44. The zero-order chi connectivity index (χ0) is 32.3. The maximum Gasteiger partial charge on any atom is 0.512 e. The number of carboxylic acid groups (broad SMARTS) is 1. The lowest BCUT2D eigenvalue weighted by Gasteiger charge is -2.50. The fourth-order valence-corrected chi connectivity index (χ4v) is 6.40. The highest BCUT2D eigenvalue weighted by Gasteiger charge is 2.51. The quantitative estimate of drug-likeness (QED) is 0.0667. The Morgan fingerprint density at radius 1 is 1.27 bits per heavy atom. The zero-order valence-corrected chi connectivity index (χ0v) is 25.9. The van der Waals surface area contributed by atoms with Crippen molar-refractivity contribution in [2.24, 2.45) is 17.6 Å². The van der Waals surface area contributed by atoms with E-state index in [0.717, 1.165) is 23.1 Å². The van der Waals surface area contributed by atoms with E-state index in [0.29, 0.717) is 11.8 Å². The number of oxime groups is 1. The highest BCUT2D eigenvalue weighted by molar-refractivity contribution is 8.18. The average Bonchev–Trinajstić information content (AvgIpc) is 3.34. The van der Waals surface area contributed by atoms with Gasteiger partial charge in [0.15, 0.2) is 16.0 Å². The number of nitrogens with one attached hydrogen (secondary N) is 1. The largest absolute Gasteiger partial charge is 0.512 e. The van der Waals surface area contributed by atoms with Crippen LogP contribution in [0.4, 0.5) is 9.93 Å². The van der Waals surface area contributed by atoms with Crippen LogP contribution in [0.5, 0.6) is 5.88 Å². The van der Waals surface area contributed by atoms with Crippen molar-refractivity contribution in [2.75, 3.05) is 24.8 Å². The molecule has 0 saturated carbocycles. The number of thiazole rings is 1. The summed E-state index contributed by atoms with van der Waals surface area (Å²) in [5.41, 5.74) is 3.61. The van der Waals surface area contributed by atoms with Gasteiger partial charge in [-0.25, -0.2) is 14.5 Å². The number of nitrogens with two attached hydrogens (primary N) is 1. The van der Waals surface area contributed by atoms with Crippen LogP contribution in [0.25, 0.3) is 0 Å². The molecule has 0 unspecified atom stereocenters. The minimum atomic E-state index is -1.62. The number of amides is 1. The topological polar surface area (TPSA) is 251 Å². The molecule has 18 nitrogen and oxygen atoms in total. The number of rotatable bonds is 10. The molecular weight excluding hydrogens is 645 g/mol. The summed E-state index contributed by atoms with van der Waals surface area (Å²) in [5.74, 6) is -1.90. The van der Waals surface area contributed by atoms with Crippen molar-refractivity contribution in [3.05, 3.63) is 32.2 Å². The second-order valence-electron chi connectivity index (χ2n) is 10.1. The fraction of sp³-hybridized carbons (Fsp3) is 0.435. The number of thioether (sulfide) groups is 2. The lowest BCUT2D eigenvalue weighted by atomic mass is 9.97. The number of anilines is 1. The Morgan fingerprint density at radius 3 is 2.61 bits per heavy atom. The Hall–Kier alpha value is -4.37. The van der Waals surface area contributed by atoms with E-state index in [4.69, 9.17) is 19.9 Å². The highest BCUT2D eigenvalue weighted by Crippen LogP contribution is 2.41. The predicted molar refractivity (Wildman–Crippen MR) is 155 cm³/mol. The molecule has 4 rings (SSSR count). The number of nitrogen functional groups attached to an aromatic ring is 1. The predicted octanol–water partition coefficient (Wildman–Crippen LogP) is 0.416. The minimum Gasteiger partial charge on any atom is -0.449 e. The standard InChI is InChI=1S/C23H26N8O10S3/c1-23(2,3)19(35)40-8-39-16-15(33)27-21(30(4)28-16)43-7-11-17(41-22(36)37)31-5-9(13(31)18(34)44-11)25-14(32)12(29-38)10-6-42-20(24)26-10/h6,9,13,38H,5,7-8H2,1-4H3,(H2,24,26)(H,25,32)(H,36,37)/b29-12-/t9-,13-/m1/s1. The molecule has 21 heteroatoms. The lowest BCUT2D eigenvalue weighted by Crippen LogP contribution is -2.70. The first-order valence-corrected chi connectivity index (χ1v) is 15.1. The molecule has 1 fully saturated rings. The van der Waals surface area contributed by atoms with Crippen molar-refractivity contribution in [1.82, 2.24) is 30.0 Å². The molecule has 5 N–H and O–H groups in total.